The molecule has 0 atom stereocenters. The second-order valence-electron chi connectivity index (χ2n) is 11.1. The summed E-state index contributed by atoms with van der Waals surface area (Å²) in [5.41, 5.74) is 2.86. The van der Waals surface area contributed by atoms with Gasteiger partial charge in [-0.25, -0.2) is 4.98 Å². The molecule has 3 aromatic rings. The van der Waals surface area contributed by atoms with Crippen molar-refractivity contribution in [2.45, 2.75) is 66.1 Å². The molecule has 1 aromatic heterocycles. The minimum Gasteiger partial charge on any atom is -0.484 e. The molecule has 8 nitrogen and oxygen atoms in total. The van der Waals surface area contributed by atoms with Crippen LogP contribution in [0.3, 0.4) is 0 Å². The number of carbonyl (C=O) groups excluding carboxylic acids is 2. The highest BCUT2D eigenvalue weighted by Crippen LogP contribution is 2.28. The number of ether oxygens (including phenoxy) is 1. The molecule has 2 heterocycles. The Morgan fingerprint density at radius 3 is 2.42 bits per heavy atom. The highest BCUT2D eigenvalue weighted by atomic mass is 16.5. The lowest BCUT2D eigenvalue weighted by Gasteiger charge is -2.30. The van der Waals surface area contributed by atoms with Crippen molar-refractivity contribution >= 4 is 17.5 Å². The number of rotatable bonds is 7. The molecular weight excluding hydrogens is 502 g/mol. The normalized spacial score (nSPS) is 15.2. The van der Waals surface area contributed by atoms with E-state index in [9.17, 15) is 9.59 Å². The van der Waals surface area contributed by atoms with Crippen LogP contribution in [0.25, 0.3) is 0 Å². The van der Waals surface area contributed by atoms with Gasteiger partial charge in [0.1, 0.15) is 18.1 Å². The number of hydrogen-bond donors (Lipinski definition) is 0. The third-order valence-corrected chi connectivity index (χ3v) is 7.50. The zero-order valence-electron chi connectivity index (χ0n) is 24.5. The summed E-state index contributed by atoms with van der Waals surface area (Å²) in [5, 5.41) is 0. The van der Waals surface area contributed by atoms with Crippen LogP contribution >= 0.6 is 0 Å². The van der Waals surface area contributed by atoms with Crippen molar-refractivity contribution in [3.05, 3.63) is 77.9 Å². The van der Waals surface area contributed by atoms with Gasteiger partial charge in [-0.2, -0.15) is 0 Å². The van der Waals surface area contributed by atoms with Crippen LogP contribution in [0.5, 0.6) is 5.75 Å². The Balaban J connectivity index is 1.64. The Morgan fingerprint density at radius 2 is 1.70 bits per heavy atom. The van der Waals surface area contributed by atoms with E-state index in [1.165, 1.54) is 0 Å². The Labute approximate surface area is 238 Å². The van der Waals surface area contributed by atoms with Gasteiger partial charge in [0.15, 0.2) is 6.61 Å². The maximum absolute atomic E-state index is 13.8. The second-order valence-corrected chi connectivity index (χ2v) is 11.1. The van der Waals surface area contributed by atoms with E-state index in [-0.39, 0.29) is 30.9 Å². The maximum atomic E-state index is 13.8. The molecule has 0 bridgehead atoms. The number of anilines is 1. The molecule has 0 spiro atoms. The van der Waals surface area contributed by atoms with E-state index in [4.69, 9.17) is 4.74 Å². The van der Waals surface area contributed by atoms with Crippen LogP contribution < -0.4 is 9.64 Å². The van der Waals surface area contributed by atoms with Gasteiger partial charge in [0.05, 0.1) is 5.69 Å². The fourth-order valence-corrected chi connectivity index (χ4v) is 5.34. The van der Waals surface area contributed by atoms with Gasteiger partial charge >= 0.3 is 0 Å². The second kappa shape index (κ2) is 13.6. The molecule has 40 heavy (non-hydrogen) atoms. The lowest BCUT2D eigenvalue weighted by atomic mass is 10.1. The Bertz CT molecular complexity index is 1270. The maximum Gasteiger partial charge on any atom is 0.264 e. The fourth-order valence-electron chi connectivity index (χ4n) is 5.34. The molecule has 1 aliphatic rings. The van der Waals surface area contributed by atoms with Gasteiger partial charge in [-0.15, -0.1) is 0 Å². The summed E-state index contributed by atoms with van der Waals surface area (Å²) >= 11 is 0. The number of fused-ring (bicyclic) bond motifs is 1. The van der Waals surface area contributed by atoms with Crippen LogP contribution in [-0.2, 0) is 22.7 Å². The number of aryl methyl sites for hydroxylation is 1. The van der Waals surface area contributed by atoms with Crippen molar-refractivity contribution in [2.24, 2.45) is 0 Å². The van der Waals surface area contributed by atoms with E-state index in [0.717, 1.165) is 42.1 Å². The van der Waals surface area contributed by atoms with E-state index in [1.807, 2.05) is 76.0 Å². The number of nitrogens with zero attached hydrogens (tertiary/aromatic N) is 5. The summed E-state index contributed by atoms with van der Waals surface area (Å²) in [5.74, 6) is 1.75. The van der Waals surface area contributed by atoms with Crippen LogP contribution in [0.4, 0.5) is 5.69 Å². The summed E-state index contributed by atoms with van der Waals surface area (Å²) in [7, 11) is 0. The Hall–Kier alpha value is -3.65. The summed E-state index contributed by atoms with van der Waals surface area (Å²) < 4.78 is 7.81. The SMILES string of the molecule is Cc1cccc2c1N(C(=O)COc1ccccc1)CCCN(C(C)C)CCN(C(=O)Cn1ccnc1C(C)C)C2. The minimum absolute atomic E-state index is 0.0422. The monoisotopic (exact) mass is 545 g/mol. The van der Waals surface area contributed by atoms with Gasteiger partial charge in [0.25, 0.3) is 5.91 Å². The van der Waals surface area contributed by atoms with E-state index >= 15 is 0 Å². The average Bonchev–Trinajstić information content (AvgIpc) is 3.38. The number of aromatic nitrogens is 2. The van der Waals surface area contributed by atoms with Crippen molar-refractivity contribution in [3.8, 4) is 5.75 Å². The van der Waals surface area contributed by atoms with Gasteiger partial charge in [0.2, 0.25) is 5.91 Å². The highest BCUT2D eigenvalue weighted by molar-refractivity contribution is 5.96. The number of carbonyl (C=O) groups is 2. The Kier molecular flexibility index (Phi) is 9.98. The van der Waals surface area contributed by atoms with E-state index in [2.05, 4.69) is 37.6 Å². The van der Waals surface area contributed by atoms with E-state index < -0.39 is 0 Å². The molecule has 1 aliphatic heterocycles. The number of hydrogen-bond acceptors (Lipinski definition) is 5. The first-order valence-corrected chi connectivity index (χ1v) is 14.3. The number of benzene rings is 2. The third kappa shape index (κ3) is 7.30. The van der Waals surface area contributed by atoms with Gasteiger partial charge in [-0.05, 0) is 50.5 Å². The van der Waals surface area contributed by atoms with Crippen molar-refractivity contribution in [1.82, 2.24) is 19.4 Å². The molecule has 0 N–H and O–H groups in total. The van der Waals surface area contributed by atoms with Crippen LogP contribution in [-0.4, -0.2) is 70.0 Å². The first-order chi connectivity index (χ1) is 19.2. The number of para-hydroxylation sites is 2. The third-order valence-electron chi connectivity index (χ3n) is 7.50. The average molecular weight is 546 g/mol. The predicted molar refractivity (Wildman–Crippen MR) is 159 cm³/mol. The molecule has 0 fully saturated rings. The summed E-state index contributed by atoms with van der Waals surface area (Å²) in [6.07, 6.45) is 4.46. The molecule has 0 unspecified atom stereocenters. The molecule has 0 saturated carbocycles. The van der Waals surface area contributed by atoms with Crippen LogP contribution in [0.1, 0.15) is 57.0 Å². The molecule has 0 radical (unpaired) electrons. The highest BCUT2D eigenvalue weighted by Gasteiger charge is 2.26. The molecule has 0 saturated heterocycles. The quantitative estimate of drug-likeness (QED) is 0.424. The lowest BCUT2D eigenvalue weighted by Crippen LogP contribution is -2.42. The zero-order chi connectivity index (χ0) is 28.6. The van der Waals surface area contributed by atoms with Crippen molar-refractivity contribution in [1.29, 1.82) is 0 Å². The van der Waals surface area contributed by atoms with Crippen LogP contribution in [0.15, 0.2) is 60.9 Å². The van der Waals surface area contributed by atoms with Gasteiger partial charge < -0.3 is 19.1 Å². The Morgan fingerprint density at radius 1 is 0.925 bits per heavy atom. The summed E-state index contributed by atoms with van der Waals surface area (Å²) in [6, 6.07) is 15.8. The molecule has 214 valence electrons. The molecule has 2 aromatic carbocycles. The van der Waals surface area contributed by atoms with Gasteiger partial charge in [0, 0.05) is 57.1 Å². The van der Waals surface area contributed by atoms with Crippen molar-refractivity contribution in [2.75, 3.05) is 37.7 Å². The molecular formula is C32H43N5O3. The van der Waals surface area contributed by atoms with Crippen molar-refractivity contribution in [3.63, 3.8) is 0 Å². The minimum atomic E-state index is -0.0902. The standard InChI is InChI=1S/C32H43N5O3/c1-24(2)32-33-15-18-36(32)22-29(38)35-20-19-34(25(3)4)16-10-17-37(31-26(5)11-9-12-27(31)21-35)30(39)23-40-28-13-7-6-8-14-28/h6-9,11-15,18,24-25H,10,16-17,19-23H2,1-5H3. The first kappa shape index (κ1) is 29.3. The zero-order valence-corrected chi connectivity index (χ0v) is 24.5. The van der Waals surface area contributed by atoms with Gasteiger partial charge in [-0.1, -0.05) is 50.2 Å². The largest absolute Gasteiger partial charge is 0.484 e. The van der Waals surface area contributed by atoms with E-state index in [1.54, 1.807) is 6.20 Å². The smallest absolute Gasteiger partial charge is 0.264 e. The van der Waals surface area contributed by atoms with Crippen LogP contribution in [0.2, 0.25) is 0 Å². The molecule has 8 heteroatoms. The number of amides is 2. The molecule has 0 aliphatic carbocycles. The first-order valence-electron chi connectivity index (χ1n) is 14.3. The summed E-state index contributed by atoms with van der Waals surface area (Å²) in [6.45, 7) is 14.0. The van der Waals surface area contributed by atoms with E-state index in [0.29, 0.717) is 31.4 Å². The fraction of sp³-hybridized carbons (Fsp3) is 0.469. The van der Waals surface area contributed by atoms with Crippen molar-refractivity contribution < 1.29 is 14.3 Å². The number of imidazole rings is 1. The lowest BCUT2D eigenvalue weighted by molar-refractivity contribution is -0.132. The van der Waals surface area contributed by atoms with Gasteiger partial charge in [-0.3, -0.25) is 14.5 Å². The molecule has 4 rings (SSSR count). The predicted octanol–water partition coefficient (Wildman–Crippen LogP) is 4.87. The molecule has 2 amide bonds. The topological polar surface area (TPSA) is 70.9 Å². The summed E-state index contributed by atoms with van der Waals surface area (Å²) in [4.78, 5) is 38.1. The van der Waals surface area contributed by atoms with Crippen LogP contribution in [0, 0.1) is 6.92 Å².